The second-order valence-electron chi connectivity index (χ2n) is 4.34. The fourth-order valence-electron chi connectivity index (χ4n) is 1.76. The highest BCUT2D eigenvalue weighted by atomic mass is 16.6. The maximum absolute atomic E-state index is 11.8. The average molecular weight is 284 g/mol. The van der Waals surface area contributed by atoms with Crippen LogP contribution in [0, 0.1) is 0 Å². The summed E-state index contributed by atoms with van der Waals surface area (Å²) in [6.45, 7) is 1.66. The van der Waals surface area contributed by atoms with Crippen LogP contribution in [-0.4, -0.2) is 16.2 Å². The molecule has 0 bridgehead atoms. The third-order valence-corrected chi connectivity index (χ3v) is 2.82. The second-order valence-corrected chi connectivity index (χ2v) is 4.34. The predicted octanol–water partition coefficient (Wildman–Crippen LogP) is 3.25. The first-order chi connectivity index (χ1) is 10.2. The van der Waals surface area contributed by atoms with Crippen molar-refractivity contribution in [3.63, 3.8) is 0 Å². The Labute approximate surface area is 120 Å². The molecular weight excluding hydrogens is 272 g/mol. The summed E-state index contributed by atoms with van der Waals surface area (Å²) in [5, 5.41) is 7.85. The first kappa shape index (κ1) is 13.1. The van der Waals surface area contributed by atoms with Gasteiger partial charge in [-0.15, -0.1) is 10.2 Å². The van der Waals surface area contributed by atoms with Gasteiger partial charge in [0.1, 0.15) is 0 Å². The number of carbonyl (C=O) groups excluding carboxylic acids is 1. The summed E-state index contributed by atoms with van der Waals surface area (Å²) in [4.78, 5) is 11.8. The lowest BCUT2D eigenvalue weighted by molar-refractivity contribution is 0.0244. The highest BCUT2D eigenvalue weighted by Crippen LogP contribution is 2.22. The summed E-state index contributed by atoms with van der Waals surface area (Å²) in [6.07, 6.45) is 0.745. The molecule has 0 unspecified atom stereocenters. The van der Waals surface area contributed by atoms with E-state index >= 15 is 0 Å². The summed E-state index contributed by atoms with van der Waals surface area (Å²) < 4.78 is 15.7. The highest BCUT2D eigenvalue weighted by molar-refractivity contribution is 5.86. The summed E-state index contributed by atoms with van der Waals surface area (Å²) in [6, 6.07) is 12.5. The highest BCUT2D eigenvalue weighted by Gasteiger charge is 2.21. The molecule has 1 atom stereocenters. The summed E-state index contributed by atoms with van der Waals surface area (Å²) in [7, 11) is 0. The normalized spacial score (nSPS) is 12.0. The first-order valence-corrected chi connectivity index (χ1v) is 6.37. The summed E-state index contributed by atoms with van der Waals surface area (Å²) >= 11 is 0. The van der Waals surface area contributed by atoms with E-state index in [0.717, 1.165) is 5.56 Å². The van der Waals surface area contributed by atoms with E-state index in [-0.39, 0.29) is 11.7 Å². The molecule has 1 aromatic carbocycles. The minimum atomic E-state index is -0.660. The fraction of sp³-hybridized carbons (Fsp3) is 0.133. The molecule has 0 N–H and O–H groups in total. The van der Waals surface area contributed by atoms with E-state index in [1.54, 1.807) is 13.0 Å². The van der Waals surface area contributed by atoms with Gasteiger partial charge in [0, 0.05) is 5.56 Å². The van der Waals surface area contributed by atoms with E-state index in [9.17, 15) is 4.79 Å². The van der Waals surface area contributed by atoms with Crippen molar-refractivity contribution in [1.82, 2.24) is 10.2 Å². The smallest absolute Gasteiger partial charge is 0.374 e. The molecule has 0 saturated heterocycles. The monoisotopic (exact) mass is 284 g/mol. The van der Waals surface area contributed by atoms with Crippen molar-refractivity contribution >= 4 is 5.97 Å². The lowest BCUT2D eigenvalue weighted by Gasteiger charge is -2.07. The van der Waals surface area contributed by atoms with Gasteiger partial charge in [-0.3, -0.25) is 0 Å². The van der Waals surface area contributed by atoms with Crippen LogP contribution in [0.15, 0.2) is 57.6 Å². The Kier molecular flexibility index (Phi) is 3.51. The molecule has 0 aliphatic heterocycles. The Morgan fingerprint density at radius 3 is 2.67 bits per heavy atom. The zero-order valence-corrected chi connectivity index (χ0v) is 11.2. The van der Waals surface area contributed by atoms with E-state index in [0.29, 0.717) is 5.89 Å². The van der Waals surface area contributed by atoms with Crippen LogP contribution in [-0.2, 0) is 4.74 Å². The zero-order chi connectivity index (χ0) is 14.7. The number of ether oxygens (including phenoxy) is 1. The Morgan fingerprint density at radius 1 is 1.14 bits per heavy atom. The number of aromatic nitrogens is 2. The maximum atomic E-state index is 11.8. The van der Waals surface area contributed by atoms with Crippen LogP contribution in [0.25, 0.3) is 11.5 Å². The number of hydrogen-bond donors (Lipinski definition) is 0. The van der Waals surface area contributed by atoms with Gasteiger partial charge in [-0.25, -0.2) is 4.79 Å². The maximum Gasteiger partial charge on any atom is 0.374 e. The van der Waals surface area contributed by atoms with Crippen molar-refractivity contribution in [2.24, 2.45) is 0 Å². The third-order valence-electron chi connectivity index (χ3n) is 2.82. The first-order valence-electron chi connectivity index (χ1n) is 6.37. The quantitative estimate of drug-likeness (QED) is 0.684. The molecule has 0 aliphatic carbocycles. The fourth-order valence-corrected chi connectivity index (χ4v) is 1.76. The van der Waals surface area contributed by atoms with Crippen molar-refractivity contribution in [2.75, 3.05) is 0 Å². The number of benzene rings is 1. The molecule has 0 amide bonds. The van der Waals surface area contributed by atoms with Gasteiger partial charge >= 0.3 is 5.97 Å². The van der Waals surface area contributed by atoms with Gasteiger partial charge in [0.05, 0.1) is 6.26 Å². The molecule has 3 rings (SSSR count). The number of hydrogen-bond acceptors (Lipinski definition) is 6. The number of furan rings is 1. The molecule has 21 heavy (non-hydrogen) atoms. The Balaban J connectivity index is 1.73. The summed E-state index contributed by atoms with van der Waals surface area (Å²) in [5.41, 5.74) is 0.806. The molecule has 6 heteroatoms. The van der Waals surface area contributed by atoms with E-state index in [2.05, 4.69) is 10.2 Å². The van der Waals surface area contributed by atoms with Crippen LogP contribution >= 0.6 is 0 Å². The molecule has 0 spiro atoms. The van der Waals surface area contributed by atoms with Gasteiger partial charge < -0.3 is 13.6 Å². The van der Waals surface area contributed by atoms with Crippen molar-refractivity contribution in [2.45, 2.75) is 13.0 Å². The van der Waals surface area contributed by atoms with Crippen LogP contribution in [0.2, 0.25) is 0 Å². The Morgan fingerprint density at radius 2 is 1.95 bits per heavy atom. The Hall–Kier alpha value is -2.89. The van der Waals surface area contributed by atoms with E-state index < -0.39 is 12.1 Å². The summed E-state index contributed by atoms with van der Waals surface area (Å²) in [5.74, 6) is 0.164. The number of carbonyl (C=O) groups is 1. The molecule has 0 aliphatic rings. The molecule has 2 aromatic heterocycles. The van der Waals surface area contributed by atoms with Crippen LogP contribution in [0.4, 0.5) is 0 Å². The van der Waals surface area contributed by atoms with Gasteiger partial charge in [-0.05, 0) is 31.2 Å². The lowest BCUT2D eigenvalue weighted by Crippen LogP contribution is -2.08. The van der Waals surface area contributed by atoms with Crippen LogP contribution in [0.1, 0.15) is 29.5 Å². The largest absolute Gasteiger partial charge is 0.457 e. The van der Waals surface area contributed by atoms with E-state index in [1.165, 1.54) is 12.3 Å². The minimum Gasteiger partial charge on any atom is -0.457 e. The van der Waals surface area contributed by atoms with Gasteiger partial charge in [0.25, 0.3) is 5.89 Å². The molecular formula is C15H12N2O4. The van der Waals surface area contributed by atoms with Gasteiger partial charge in [-0.1, -0.05) is 18.2 Å². The molecule has 106 valence electrons. The molecule has 3 aromatic rings. The van der Waals surface area contributed by atoms with Gasteiger partial charge in [0.2, 0.25) is 11.7 Å². The van der Waals surface area contributed by atoms with Gasteiger partial charge in [-0.2, -0.15) is 0 Å². The average Bonchev–Trinajstić information content (AvgIpc) is 3.20. The van der Waals surface area contributed by atoms with Crippen LogP contribution in [0.3, 0.4) is 0 Å². The second kappa shape index (κ2) is 5.62. The van der Waals surface area contributed by atoms with Crippen LogP contribution < -0.4 is 0 Å². The zero-order valence-electron chi connectivity index (χ0n) is 11.2. The lowest BCUT2D eigenvalue weighted by atomic mass is 10.2. The van der Waals surface area contributed by atoms with Crippen molar-refractivity contribution < 1.29 is 18.4 Å². The SMILES string of the molecule is C[C@H](OC(=O)c1ccco1)c1nnc(-c2ccccc2)o1. The van der Waals surface area contributed by atoms with Gasteiger partial charge in [0.15, 0.2) is 6.10 Å². The predicted molar refractivity (Wildman–Crippen MR) is 72.3 cm³/mol. The standard InChI is InChI=1S/C15H12N2O4/c1-10(20-15(18)12-8-5-9-19-12)13-16-17-14(21-13)11-6-3-2-4-7-11/h2-10H,1H3/t10-/m0/s1. The number of rotatable bonds is 4. The topological polar surface area (TPSA) is 78.4 Å². The molecule has 6 nitrogen and oxygen atoms in total. The van der Waals surface area contributed by atoms with Crippen molar-refractivity contribution in [3.05, 3.63) is 60.4 Å². The van der Waals surface area contributed by atoms with E-state index in [4.69, 9.17) is 13.6 Å². The molecule has 2 heterocycles. The van der Waals surface area contributed by atoms with Crippen LogP contribution in [0.5, 0.6) is 0 Å². The third kappa shape index (κ3) is 2.84. The molecule has 0 radical (unpaired) electrons. The molecule has 0 fully saturated rings. The molecule has 0 saturated carbocycles. The Bertz CT molecular complexity index is 719. The van der Waals surface area contributed by atoms with E-state index in [1.807, 2.05) is 30.3 Å². The van der Waals surface area contributed by atoms with Crippen molar-refractivity contribution in [3.8, 4) is 11.5 Å². The number of nitrogens with zero attached hydrogens (tertiary/aromatic N) is 2. The van der Waals surface area contributed by atoms with Crippen molar-refractivity contribution in [1.29, 1.82) is 0 Å². The number of esters is 1. The minimum absolute atomic E-state index is 0.129.